The van der Waals surface area contributed by atoms with Crippen LogP contribution in [0.15, 0.2) is 77.9 Å². The average molecular weight is 488 g/mol. The summed E-state index contributed by atoms with van der Waals surface area (Å²) in [5.41, 5.74) is 8.09. The summed E-state index contributed by atoms with van der Waals surface area (Å²) in [5.74, 6) is -0.0549. The molecule has 0 bridgehead atoms. The number of hydrogen-bond acceptors (Lipinski definition) is 3. The van der Waals surface area contributed by atoms with Gasteiger partial charge in [-0.3, -0.25) is 9.59 Å². The molecule has 1 aliphatic carbocycles. The molecule has 3 aromatic carbocycles. The Morgan fingerprint density at radius 1 is 0.886 bits per heavy atom. The minimum absolute atomic E-state index is 0.0440. The molecule has 5 nitrogen and oxygen atoms in total. The molecule has 0 heterocycles. The molecule has 0 unspecified atom stereocenters. The minimum Gasteiger partial charge on any atom is -0.322 e. The molecule has 0 spiro atoms. The second kappa shape index (κ2) is 10.0. The fourth-order valence-electron chi connectivity index (χ4n) is 3.97. The van der Waals surface area contributed by atoms with E-state index in [9.17, 15) is 9.59 Å². The van der Waals surface area contributed by atoms with E-state index < -0.39 is 0 Å². The maximum absolute atomic E-state index is 12.6. The lowest BCUT2D eigenvalue weighted by atomic mass is 9.86. The standard InChI is InChI=1S/C29H30ClN3O2/c1-18(19-9-15-24(16-10-19)31-27(34)21-7-13-23(30)14-8-21)32-33-28(35)26-17-25(26)20-5-11-22(12-6-20)29(2,3)4/h5-16,25-26H,17H2,1-4H3,(H,31,34)(H,33,35)/b32-18+/t25-,26+/m0/s1. The zero-order chi connectivity index (χ0) is 25.2. The molecule has 1 aliphatic rings. The van der Waals surface area contributed by atoms with Crippen molar-refractivity contribution in [1.82, 2.24) is 5.43 Å². The Morgan fingerprint density at radius 3 is 2.09 bits per heavy atom. The molecule has 6 heteroatoms. The number of amides is 2. The molecule has 4 rings (SSSR count). The first-order valence-electron chi connectivity index (χ1n) is 11.7. The van der Waals surface area contributed by atoms with Gasteiger partial charge in [0, 0.05) is 22.2 Å². The molecule has 180 valence electrons. The molecule has 0 radical (unpaired) electrons. The fraction of sp³-hybridized carbons (Fsp3) is 0.276. The van der Waals surface area contributed by atoms with E-state index in [0.29, 0.717) is 22.0 Å². The van der Waals surface area contributed by atoms with Crippen molar-refractivity contribution in [2.24, 2.45) is 11.0 Å². The SMILES string of the molecule is C/C(=N\NC(=O)[C@@H]1C[C@H]1c1ccc(C(C)(C)C)cc1)c1ccc(NC(=O)c2ccc(Cl)cc2)cc1. The van der Waals surface area contributed by atoms with Crippen LogP contribution in [0.25, 0.3) is 0 Å². The van der Waals surface area contributed by atoms with Gasteiger partial charge < -0.3 is 5.32 Å². The van der Waals surface area contributed by atoms with Crippen LogP contribution < -0.4 is 10.7 Å². The molecule has 35 heavy (non-hydrogen) atoms. The van der Waals surface area contributed by atoms with Gasteiger partial charge in [0.2, 0.25) is 5.91 Å². The highest BCUT2D eigenvalue weighted by atomic mass is 35.5. The predicted octanol–water partition coefficient (Wildman–Crippen LogP) is 6.53. The third-order valence-electron chi connectivity index (χ3n) is 6.33. The number of hydrogen-bond donors (Lipinski definition) is 2. The van der Waals surface area contributed by atoms with Gasteiger partial charge in [0.15, 0.2) is 0 Å². The van der Waals surface area contributed by atoms with Crippen molar-refractivity contribution in [1.29, 1.82) is 0 Å². The highest BCUT2D eigenvalue weighted by Gasteiger charge is 2.44. The van der Waals surface area contributed by atoms with E-state index in [2.05, 4.69) is 60.9 Å². The number of nitrogens with one attached hydrogen (secondary N) is 2. The van der Waals surface area contributed by atoms with Crippen LogP contribution in [-0.2, 0) is 10.2 Å². The van der Waals surface area contributed by atoms with Gasteiger partial charge in [-0.05, 0) is 77.8 Å². The molecule has 2 amide bonds. The van der Waals surface area contributed by atoms with Gasteiger partial charge in [-0.25, -0.2) is 5.43 Å². The number of rotatable bonds is 6. The maximum atomic E-state index is 12.6. The Kier molecular flexibility index (Phi) is 7.08. The van der Waals surface area contributed by atoms with E-state index in [1.165, 1.54) is 11.1 Å². The Hall–Kier alpha value is -3.44. The lowest BCUT2D eigenvalue weighted by molar-refractivity contribution is -0.122. The summed E-state index contributed by atoms with van der Waals surface area (Å²) in [6.45, 7) is 8.43. The Morgan fingerprint density at radius 2 is 1.49 bits per heavy atom. The van der Waals surface area contributed by atoms with Crippen LogP contribution in [0, 0.1) is 5.92 Å². The summed E-state index contributed by atoms with van der Waals surface area (Å²) in [6, 6.07) is 22.6. The van der Waals surface area contributed by atoms with Crippen LogP contribution in [0.1, 0.15) is 67.1 Å². The summed E-state index contributed by atoms with van der Waals surface area (Å²) in [4.78, 5) is 25.0. The number of halogens is 1. The van der Waals surface area contributed by atoms with Crippen LogP contribution in [0.3, 0.4) is 0 Å². The second-order valence-corrected chi connectivity index (χ2v) is 10.5. The van der Waals surface area contributed by atoms with Gasteiger partial charge in [-0.1, -0.05) is 68.8 Å². The number of carbonyl (C=O) groups excluding carboxylic acids is 2. The lowest BCUT2D eigenvalue weighted by Gasteiger charge is -2.19. The second-order valence-electron chi connectivity index (χ2n) is 10.0. The molecule has 2 atom stereocenters. The van der Waals surface area contributed by atoms with E-state index in [1.807, 2.05) is 31.2 Å². The van der Waals surface area contributed by atoms with E-state index in [-0.39, 0.29) is 29.1 Å². The third kappa shape index (κ3) is 6.17. The van der Waals surface area contributed by atoms with E-state index in [1.54, 1.807) is 24.3 Å². The van der Waals surface area contributed by atoms with E-state index >= 15 is 0 Å². The smallest absolute Gasteiger partial charge is 0.255 e. The summed E-state index contributed by atoms with van der Waals surface area (Å²) >= 11 is 5.87. The summed E-state index contributed by atoms with van der Waals surface area (Å²) in [7, 11) is 0. The van der Waals surface area contributed by atoms with Gasteiger partial charge in [-0.15, -0.1) is 0 Å². The topological polar surface area (TPSA) is 70.6 Å². The zero-order valence-corrected chi connectivity index (χ0v) is 21.2. The first kappa shape index (κ1) is 24.7. The molecule has 3 aromatic rings. The first-order valence-corrected chi connectivity index (χ1v) is 12.1. The minimum atomic E-state index is -0.209. The summed E-state index contributed by atoms with van der Waals surface area (Å²) in [5, 5.41) is 7.73. The molecule has 0 saturated heterocycles. The van der Waals surface area contributed by atoms with Crippen molar-refractivity contribution >= 4 is 34.8 Å². The van der Waals surface area contributed by atoms with Gasteiger partial charge in [0.05, 0.1) is 5.71 Å². The van der Waals surface area contributed by atoms with Crippen molar-refractivity contribution in [3.05, 3.63) is 100 Å². The Bertz CT molecular complexity index is 1240. The van der Waals surface area contributed by atoms with Gasteiger partial charge in [0.1, 0.15) is 0 Å². The van der Waals surface area contributed by atoms with Crippen molar-refractivity contribution < 1.29 is 9.59 Å². The number of hydrazone groups is 1. The molecule has 0 aliphatic heterocycles. The van der Waals surface area contributed by atoms with Crippen LogP contribution in [0.5, 0.6) is 0 Å². The normalized spacial score (nSPS) is 17.6. The van der Waals surface area contributed by atoms with Crippen molar-refractivity contribution in [2.45, 2.75) is 45.4 Å². The van der Waals surface area contributed by atoms with Crippen LogP contribution in [0.4, 0.5) is 5.69 Å². The molecule has 1 saturated carbocycles. The van der Waals surface area contributed by atoms with Gasteiger partial charge >= 0.3 is 0 Å². The van der Waals surface area contributed by atoms with Gasteiger partial charge in [0.25, 0.3) is 5.91 Å². The quantitative estimate of drug-likeness (QED) is 0.306. The average Bonchev–Trinajstić information content (AvgIpc) is 3.64. The Balaban J connectivity index is 1.30. The number of nitrogens with zero attached hydrogens (tertiary/aromatic N) is 1. The van der Waals surface area contributed by atoms with E-state index in [4.69, 9.17) is 11.6 Å². The fourth-order valence-corrected chi connectivity index (χ4v) is 4.10. The largest absolute Gasteiger partial charge is 0.322 e. The molecular formula is C29H30ClN3O2. The van der Waals surface area contributed by atoms with E-state index in [0.717, 1.165) is 12.0 Å². The van der Waals surface area contributed by atoms with Crippen molar-refractivity contribution in [2.75, 3.05) is 5.32 Å². The molecule has 0 aromatic heterocycles. The Labute approximate surface area is 211 Å². The van der Waals surface area contributed by atoms with Crippen LogP contribution in [0.2, 0.25) is 5.02 Å². The molecular weight excluding hydrogens is 458 g/mol. The van der Waals surface area contributed by atoms with Gasteiger partial charge in [-0.2, -0.15) is 5.10 Å². The highest BCUT2D eigenvalue weighted by Crippen LogP contribution is 2.47. The highest BCUT2D eigenvalue weighted by molar-refractivity contribution is 6.30. The first-order chi connectivity index (χ1) is 16.6. The zero-order valence-electron chi connectivity index (χ0n) is 20.4. The van der Waals surface area contributed by atoms with Crippen LogP contribution >= 0.6 is 11.6 Å². The molecule has 1 fully saturated rings. The number of anilines is 1. The monoisotopic (exact) mass is 487 g/mol. The lowest BCUT2D eigenvalue weighted by Crippen LogP contribution is -2.21. The van der Waals surface area contributed by atoms with Crippen molar-refractivity contribution in [3.63, 3.8) is 0 Å². The molecule has 2 N–H and O–H groups in total. The van der Waals surface area contributed by atoms with Crippen LogP contribution in [-0.4, -0.2) is 17.5 Å². The summed E-state index contributed by atoms with van der Waals surface area (Å²) < 4.78 is 0. The summed E-state index contributed by atoms with van der Waals surface area (Å²) in [6.07, 6.45) is 0.845. The number of carbonyl (C=O) groups is 2. The maximum Gasteiger partial charge on any atom is 0.255 e. The third-order valence-corrected chi connectivity index (χ3v) is 6.58. The van der Waals surface area contributed by atoms with Crippen molar-refractivity contribution in [3.8, 4) is 0 Å². The predicted molar refractivity (Wildman–Crippen MR) is 142 cm³/mol. The number of benzene rings is 3.